The first-order valence-corrected chi connectivity index (χ1v) is 6.19. The van der Waals surface area contributed by atoms with Gasteiger partial charge in [-0.15, -0.1) is 0 Å². The van der Waals surface area contributed by atoms with Gasteiger partial charge in [0.15, 0.2) is 0 Å². The van der Waals surface area contributed by atoms with Crippen molar-refractivity contribution < 1.29 is 9.47 Å². The van der Waals surface area contributed by atoms with Crippen LogP contribution in [0, 0.1) is 5.41 Å². The second-order valence-electron chi connectivity index (χ2n) is 5.83. The minimum absolute atomic E-state index is 0.0203. The second kappa shape index (κ2) is 4.61. The molecule has 16 heavy (non-hydrogen) atoms. The van der Waals surface area contributed by atoms with Crippen LogP contribution in [0.2, 0.25) is 0 Å². The molecule has 0 radical (unpaired) electrons. The molecular formula is C12H24N2O2. The molecule has 1 atom stereocenters. The van der Waals surface area contributed by atoms with E-state index in [0.717, 1.165) is 52.4 Å². The van der Waals surface area contributed by atoms with Crippen LogP contribution in [-0.4, -0.2) is 56.5 Å². The van der Waals surface area contributed by atoms with Crippen molar-refractivity contribution in [3.63, 3.8) is 0 Å². The van der Waals surface area contributed by atoms with E-state index in [0.29, 0.717) is 0 Å². The molecule has 4 heteroatoms. The lowest BCUT2D eigenvalue weighted by atomic mass is 9.86. The van der Waals surface area contributed by atoms with Gasteiger partial charge in [0, 0.05) is 38.2 Å². The lowest BCUT2D eigenvalue weighted by molar-refractivity contribution is -0.0941. The van der Waals surface area contributed by atoms with Gasteiger partial charge in [0.05, 0.1) is 18.8 Å². The molecule has 2 fully saturated rings. The summed E-state index contributed by atoms with van der Waals surface area (Å²) in [4.78, 5) is 2.48. The van der Waals surface area contributed by atoms with Crippen LogP contribution in [0.25, 0.3) is 0 Å². The summed E-state index contributed by atoms with van der Waals surface area (Å²) in [5, 5.41) is 0. The fourth-order valence-electron chi connectivity index (χ4n) is 2.72. The van der Waals surface area contributed by atoms with Crippen molar-refractivity contribution in [2.45, 2.75) is 25.9 Å². The first-order chi connectivity index (χ1) is 7.55. The molecule has 2 rings (SSSR count). The molecule has 2 aliphatic heterocycles. The number of nitrogens with zero attached hydrogens (tertiary/aromatic N) is 1. The minimum atomic E-state index is -0.0203. The van der Waals surface area contributed by atoms with Crippen LogP contribution in [0.1, 0.15) is 20.3 Å². The van der Waals surface area contributed by atoms with E-state index in [-0.39, 0.29) is 11.0 Å². The van der Waals surface area contributed by atoms with E-state index in [1.54, 1.807) is 0 Å². The molecule has 0 aromatic rings. The van der Waals surface area contributed by atoms with Crippen LogP contribution in [0.4, 0.5) is 0 Å². The summed E-state index contributed by atoms with van der Waals surface area (Å²) in [5.74, 6) is 0. The number of ether oxygens (including phenoxy) is 2. The van der Waals surface area contributed by atoms with E-state index in [1.807, 2.05) is 0 Å². The Hall–Kier alpha value is -0.160. The molecule has 0 saturated carbocycles. The highest BCUT2D eigenvalue weighted by Gasteiger charge is 2.37. The number of rotatable bonds is 3. The fourth-order valence-corrected chi connectivity index (χ4v) is 2.72. The normalized spacial score (nSPS) is 35.4. The molecule has 94 valence electrons. The zero-order valence-electron chi connectivity index (χ0n) is 10.5. The third-order valence-electron chi connectivity index (χ3n) is 3.68. The van der Waals surface area contributed by atoms with Crippen molar-refractivity contribution in [3.05, 3.63) is 0 Å². The molecule has 2 saturated heterocycles. The number of hydrogen-bond donors (Lipinski definition) is 1. The molecule has 2 aliphatic rings. The zero-order valence-corrected chi connectivity index (χ0v) is 10.5. The third-order valence-corrected chi connectivity index (χ3v) is 3.68. The average molecular weight is 228 g/mol. The van der Waals surface area contributed by atoms with Gasteiger partial charge in [-0.25, -0.2) is 0 Å². The van der Waals surface area contributed by atoms with Gasteiger partial charge in [-0.1, -0.05) is 0 Å². The molecule has 2 N–H and O–H groups in total. The number of nitrogens with two attached hydrogens (primary N) is 1. The summed E-state index contributed by atoms with van der Waals surface area (Å²) >= 11 is 0. The SMILES string of the molecule is CC1(C)CN(CC2(CN)CCOC2)CCO1. The summed E-state index contributed by atoms with van der Waals surface area (Å²) in [6.07, 6.45) is 1.10. The smallest absolute Gasteiger partial charge is 0.0753 e. The van der Waals surface area contributed by atoms with Gasteiger partial charge >= 0.3 is 0 Å². The summed E-state index contributed by atoms with van der Waals surface area (Å²) in [7, 11) is 0. The molecule has 4 nitrogen and oxygen atoms in total. The van der Waals surface area contributed by atoms with Crippen LogP contribution in [0.5, 0.6) is 0 Å². The Labute approximate surface area is 98.1 Å². The van der Waals surface area contributed by atoms with Gasteiger partial charge in [0.2, 0.25) is 0 Å². The fraction of sp³-hybridized carbons (Fsp3) is 1.00. The second-order valence-corrected chi connectivity index (χ2v) is 5.83. The Morgan fingerprint density at radius 1 is 1.31 bits per heavy atom. The number of morpholine rings is 1. The van der Waals surface area contributed by atoms with Crippen LogP contribution in [-0.2, 0) is 9.47 Å². The molecule has 0 spiro atoms. The quantitative estimate of drug-likeness (QED) is 0.762. The van der Waals surface area contributed by atoms with Gasteiger partial charge in [0.1, 0.15) is 0 Å². The summed E-state index contributed by atoms with van der Waals surface area (Å²) in [6, 6.07) is 0. The third kappa shape index (κ3) is 2.74. The van der Waals surface area contributed by atoms with Crippen LogP contribution in [0.15, 0.2) is 0 Å². The Balaban J connectivity index is 1.93. The Morgan fingerprint density at radius 2 is 2.12 bits per heavy atom. The van der Waals surface area contributed by atoms with Crippen LogP contribution >= 0.6 is 0 Å². The van der Waals surface area contributed by atoms with Gasteiger partial charge < -0.3 is 15.2 Å². The van der Waals surface area contributed by atoms with Gasteiger partial charge in [0.25, 0.3) is 0 Å². The predicted octanol–water partition coefficient (Wildman–Crippen LogP) is 0.463. The highest BCUT2D eigenvalue weighted by atomic mass is 16.5. The van der Waals surface area contributed by atoms with Crippen molar-refractivity contribution in [1.82, 2.24) is 4.90 Å². The molecule has 0 aromatic heterocycles. The van der Waals surface area contributed by atoms with E-state index >= 15 is 0 Å². The topological polar surface area (TPSA) is 47.7 Å². The van der Waals surface area contributed by atoms with E-state index in [9.17, 15) is 0 Å². The zero-order chi connectivity index (χ0) is 11.6. The molecule has 1 unspecified atom stereocenters. The van der Waals surface area contributed by atoms with Gasteiger partial charge in [-0.3, -0.25) is 4.90 Å². The number of hydrogen-bond acceptors (Lipinski definition) is 4. The Bertz CT molecular complexity index is 237. The average Bonchev–Trinajstić information content (AvgIpc) is 2.65. The molecule has 0 aliphatic carbocycles. The first-order valence-electron chi connectivity index (χ1n) is 6.19. The minimum Gasteiger partial charge on any atom is -0.381 e. The Kier molecular flexibility index (Phi) is 3.54. The van der Waals surface area contributed by atoms with Gasteiger partial charge in [-0.2, -0.15) is 0 Å². The molecule has 0 amide bonds. The predicted molar refractivity (Wildman–Crippen MR) is 63.4 cm³/mol. The highest BCUT2D eigenvalue weighted by molar-refractivity contribution is 4.90. The maximum absolute atomic E-state index is 5.92. The lowest BCUT2D eigenvalue weighted by Crippen LogP contribution is -2.53. The molecule has 0 bridgehead atoms. The molecule has 2 heterocycles. The van der Waals surface area contributed by atoms with E-state index < -0.39 is 0 Å². The van der Waals surface area contributed by atoms with Crippen molar-refractivity contribution >= 4 is 0 Å². The molecule has 0 aromatic carbocycles. The Morgan fingerprint density at radius 3 is 2.69 bits per heavy atom. The van der Waals surface area contributed by atoms with Crippen molar-refractivity contribution in [2.24, 2.45) is 11.1 Å². The maximum Gasteiger partial charge on any atom is 0.0753 e. The highest BCUT2D eigenvalue weighted by Crippen LogP contribution is 2.30. The monoisotopic (exact) mass is 228 g/mol. The van der Waals surface area contributed by atoms with E-state index in [1.165, 1.54) is 0 Å². The van der Waals surface area contributed by atoms with E-state index in [4.69, 9.17) is 15.2 Å². The largest absolute Gasteiger partial charge is 0.381 e. The van der Waals surface area contributed by atoms with E-state index in [2.05, 4.69) is 18.7 Å². The van der Waals surface area contributed by atoms with Gasteiger partial charge in [-0.05, 0) is 20.3 Å². The summed E-state index contributed by atoms with van der Waals surface area (Å²) < 4.78 is 11.2. The maximum atomic E-state index is 5.92. The lowest BCUT2D eigenvalue weighted by Gasteiger charge is -2.41. The van der Waals surface area contributed by atoms with Crippen molar-refractivity contribution in [2.75, 3.05) is 46.0 Å². The summed E-state index contributed by atoms with van der Waals surface area (Å²) in [6.45, 7) is 10.6. The molecular weight excluding hydrogens is 204 g/mol. The van der Waals surface area contributed by atoms with Crippen LogP contribution in [0.3, 0.4) is 0 Å². The van der Waals surface area contributed by atoms with Crippen molar-refractivity contribution in [3.8, 4) is 0 Å². The first kappa shape index (κ1) is 12.3. The standard InChI is InChI=1S/C12H24N2O2/c1-11(2)8-14(4-6-16-11)9-12(7-13)3-5-15-10-12/h3-10,13H2,1-2H3. The summed E-state index contributed by atoms with van der Waals surface area (Å²) in [5.41, 5.74) is 6.08. The van der Waals surface area contributed by atoms with Crippen molar-refractivity contribution in [1.29, 1.82) is 0 Å². The van der Waals surface area contributed by atoms with Crippen LogP contribution < -0.4 is 5.73 Å².